The summed E-state index contributed by atoms with van der Waals surface area (Å²) < 4.78 is 0. The number of carbonyl (C=O) groups excluding carboxylic acids is 1. The number of hydrogen-bond acceptors (Lipinski definition) is 3. The summed E-state index contributed by atoms with van der Waals surface area (Å²) in [7, 11) is 0. The Morgan fingerprint density at radius 1 is 1.44 bits per heavy atom. The van der Waals surface area contributed by atoms with Gasteiger partial charge in [0.15, 0.2) is 0 Å². The molecule has 0 spiro atoms. The molecule has 0 saturated heterocycles. The molecule has 0 bridgehead atoms. The molecular weight excluding hydrogens is 228 g/mol. The molecule has 1 aromatic carbocycles. The molecule has 2 rings (SSSR count). The fourth-order valence-electron chi connectivity index (χ4n) is 1.68. The Morgan fingerprint density at radius 3 is 2.83 bits per heavy atom. The monoisotopic (exact) mass is 246 g/mol. The second-order valence-corrected chi connectivity index (χ2v) is 5.47. The number of nitrogens with one attached hydrogen (secondary N) is 2. The number of aromatic nitrogens is 2. The second-order valence-electron chi connectivity index (χ2n) is 5.47. The normalized spacial score (nSPS) is 13.6. The minimum atomic E-state index is -0.556. The maximum Gasteiger partial charge on any atom is 0.241 e. The lowest BCUT2D eigenvalue weighted by Crippen LogP contribution is -2.45. The average Bonchev–Trinajstić information content (AvgIpc) is 2.75. The highest BCUT2D eigenvalue weighted by Crippen LogP contribution is 2.23. The minimum Gasteiger partial charge on any atom is -0.324 e. The molecule has 5 heteroatoms. The highest BCUT2D eigenvalue weighted by Gasteiger charge is 2.27. The molecule has 1 amide bonds. The van der Waals surface area contributed by atoms with E-state index in [-0.39, 0.29) is 11.3 Å². The number of nitrogens with two attached hydrogens (primary N) is 1. The number of anilines is 1. The molecule has 0 aliphatic carbocycles. The SMILES string of the molecule is CC(C)(C)[C@@H](N)C(=O)Nc1cccc2[nH]ncc12. The fraction of sp³-hybridized carbons (Fsp3) is 0.385. The summed E-state index contributed by atoms with van der Waals surface area (Å²) in [6, 6.07) is 5.05. The predicted octanol–water partition coefficient (Wildman–Crippen LogP) is 1.87. The molecule has 0 fully saturated rings. The summed E-state index contributed by atoms with van der Waals surface area (Å²) in [4.78, 5) is 12.1. The van der Waals surface area contributed by atoms with Gasteiger partial charge in [0.25, 0.3) is 0 Å². The van der Waals surface area contributed by atoms with Gasteiger partial charge in [-0.3, -0.25) is 9.89 Å². The van der Waals surface area contributed by atoms with Crippen molar-refractivity contribution in [1.82, 2.24) is 10.2 Å². The number of nitrogens with zero attached hydrogens (tertiary/aromatic N) is 1. The van der Waals surface area contributed by atoms with E-state index in [1.165, 1.54) is 0 Å². The smallest absolute Gasteiger partial charge is 0.241 e. The van der Waals surface area contributed by atoms with Gasteiger partial charge in [-0.05, 0) is 17.5 Å². The molecule has 0 saturated carbocycles. The molecule has 4 N–H and O–H groups in total. The Balaban J connectivity index is 2.24. The van der Waals surface area contributed by atoms with Crippen LogP contribution in [0.3, 0.4) is 0 Å². The van der Waals surface area contributed by atoms with Crippen molar-refractivity contribution >= 4 is 22.5 Å². The molecule has 0 unspecified atom stereocenters. The first-order valence-corrected chi connectivity index (χ1v) is 5.88. The van der Waals surface area contributed by atoms with Crippen LogP contribution in [-0.2, 0) is 4.79 Å². The second kappa shape index (κ2) is 4.42. The average molecular weight is 246 g/mol. The van der Waals surface area contributed by atoms with Gasteiger partial charge in [0.1, 0.15) is 0 Å². The standard InChI is InChI=1S/C13H18N4O/c1-13(2,3)11(14)12(18)16-9-5-4-6-10-8(9)7-15-17-10/h4-7,11H,14H2,1-3H3,(H,15,17)(H,16,18)/t11-/m0/s1. The number of aromatic amines is 1. The zero-order chi connectivity index (χ0) is 13.3. The number of amides is 1. The highest BCUT2D eigenvalue weighted by molar-refractivity contribution is 6.02. The summed E-state index contributed by atoms with van der Waals surface area (Å²) in [5, 5.41) is 10.6. The first-order chi connectivity index (χ1) is 8.39. The summed E-state index contributed by atoms with van der Waals surface area (Å²) >= 11 is 0. The van der Waals surface area contributed by atoms with Crippen LogP contribution >= 0.6 is 0 Å². The van der Waals surface area contributed by atoms with Gasteiger partial charge in [0.2, 0.25) is 5.91 Å². The lowest BCUT2D eigenvalue weighted by atomic mass is 9.87. The maximum atomic E-state index is 12.1. The van der Waals surface area contributed by atoms with Crippen molar-refractivity contribution in [2.75, 3.05) is 5.32 Å². The molecule has 1 atom stereocenters. The zero-order valence-corrected chi connectivity index (χ0v) is 10.8. The summed E-state index contributed by atoms with van der Waals surface area (Å²) in [6.45, 7) is 5.82. The fourth-order valence-corrected chi connectivity index (χ4v) is 1.68. The number of hydrogen-bond donors (Lipinski definition) is 3. The quantitative estimate of drug-likeness (QED) is 0.756. The third kappa shape index (κ3) is 2.36. The van der Waals surface area contributed by atoms with Gasteiger partial charge >= 0.3 is 0 Å². The molecule has 1 heterocycles. The van der Waals surface area contributed by atoms with Gasteiger partial charge in [-0.25, -0.2) is 0 Å². The summed E-state index contributed by atoms with van der Waals surface area (Å²) in [6.07, 6.45) is 1.69. The Kier molecular flexibility index (Phi) is 3.09. The van der Waals surface area contributed by atoms with Crippen LogP contribution in [-0.4, -0.2) is 22.1 Å². The van der Waals surface area contributed by atoms with E-state index in [4.69, 9.17) is 5.73 Å². The third-order valence-electron chi connectivity index (χ3n) is 2.96. The Labute approximate surface area is 106 Å². The topological polar surface area (TPSA) is 83.8 Å². The van der Waals surface area contributed by atoms with E-state index < -0.39 is 6.04 Å². The maximum absolute atomic E-state index is 12.1. The minimum absolute atomic E-state index is 0.184. The van der Waals surface area contributed by atoms with Gasteiger partial charge in [-0.1, -0.05) is 26.8 Å². The Bertz CT molecular complexity index is 568. The van der Waals surface area contributed by atoms with E-state index in [0.717, 1.165) is 16.6 Å². The molecule has 5 nitrogen and oxygen atoms in total. The van der Waals surface area contributed by atoms with Crippen molar-refractivity contribution in [1.29, 1.82) is 0 Å². The van der Waals surface area contributed by atoms with Gasteiger partial charge in [-0.15, -0.1) is 0 Å². The van der Waals surface area contributed by atoms with E-state index in [2.05, 4.69) is 15.5 Å². The lowest BCUT2D eigenvalue weighted by Gasteiger charge is -2.25. The van der Waals surface area contributed by atoms with Gasteiger partial charge < -0.3 is 11.1 Å². The number of carbonyl (C=O) groups is 1. The van der Waals surface area contributed by atoms with Crippen molar-refractivity contribution in [3.05, 3.63) is 24.4 Å². The highest BCUT2D eigenvalue weighted by atomic mass is 16.2. The molecule has 0 aliphatic heterocycles. The third-order valence-corrected chi connectivity index (χ3v) is 2.96. The van der Waals surface area contributed by atoms with E-state index >= 15 is 0 Å². The van der Waals surface area contributed by atoms with Crippen LogP contribution in [0.15, 0.2) is 24.4 Å². The van der Waals surface area contributed by atoms with E-state index in [9.17, 15) is 4.79 Å². The largest absolute Gasteiger partial charge is 0.324 e. The molecule has 0 radical (unpaired) electrons. The van der Waals surface area contributed by atoms with Gasteiger partial charge in [0.05, 0.1) is 23.4 Å². The van der Waals surface area contributed by atoms with E-state index in [0.29, 0.717) is 0 Å². The molecule has 2 aromatic rings. The van der Waals surface area contributed by atoms with Crippen molar-refractivity contribution in [3.8, 4) is 0 Å². The number of rotatable bonds is 2. The van der Waals surface area contributed by atoms with Crippen LogP contribution in [0.2, 0.25) is 0 Å². The van der Waals surface area contributed by atoms with E-state index in [1.807, 2.05) is 39.0 Å². The number of fused-ring (bicyclic) bond motifs is 1. The van der Waals surface area contributed by atoms with Crippen LogP contribution in [0.25, 0.3) is 10.9 Å². The van der Waals surface area contributed by atoms with Crippen molar-refractivity contribution in [3.63, 3.8) is 0 Å². The van der Waals surface area contributed by atoms with Crippen LogP contribution in [0.4, 0.5) is 5.69 Å². The van der Waals surface area contributed by atoms with Crippen molar-refractivity contribution < 1.29 is 4.79 Å². The first kappa shape index (κ1) is 12.6. The van der Waals surface area contributed by atoms with Gasteiger partial charge in [0, 0.05) is 5.39 Å². The molecule has 18 heavy (non-hydrogen) atoms. The first-order valence-electron chi connectivity index (χ1n) is 5.88. The molecule has 0 aliphatic rings. The summed E-state index contributed by atoms with van der Waals surface area (Å²) in [5.41, 5.74) is 7.27. The molecule has 1 aromatic heterocycles. The molecule has 96 valence electrons. The van der Waals surface area contributed by atoms with Crippen LogP contribution < -0.4 is 11.1 Å². The zero-order valence-electron chi connectivity index (χ0n) is 10.8. The van der Waals surface area contributed by atoms with Crippen molar-refractivity contribution in [2.24, 2.45) is 11.1 Å². The van der Waals surface area contributed by atoms with Gasteiger partial charge in [-0.2, -0.15) is 5.10 Å². The van der Waals surface area contributed by atoms with E-state index in [1.54, 1.807) is 6.20 Å². The predicted molar refractivity (Wildman–Crippen MR) is 72.2 cm³/mol. The summed E-state index contributed by atoms with van der Waals surface area (Å²) in [5.74, 6) is -0.184. The van der Waals surface area contributed by atoms with Crippen LogP contribution in [0, 0.1) is 5.41 Å². The lowest BCUT2D eigenvalue weighted by molar-refractivity contribution is -0.119. The molecular formula is C13H18N4O. The van der Waals surface area contributed by atoms with Crippen LogP contribution in [0.1, 0.15) is 20.8 Å². The Hall–Kier alpha value is -1.88. The van der Waals surface area contributed by atoms with Crippen LogP contribution in [0.5, 0.6) is 0 Å². The Morgan fingerprint density at radius 2 is 2.17 bits per heavy atom. The number of H-pyrrole nitrogens is 1. The number of benzene rings is 1. The van der Waals surface area contributed by atoms with Crippen molar-refractivity contribution in [2.45, 2.75) is 26.8 Å².